The second-order valence-electron chi connectivity index (χ2n) is 8.50. The van der Waals surface area contributed by atoms with Gasteiger partial charge in [0, 0.05) is 46.1 Å². The molecular weight excluding hydrogens is 494 g/mol. The number of carbonyl (C=O) groups is 1. The molecule has 4 rings (SSSR count). The Hall–Kier alpha value is -2.06. The summed E-state index contributed by atoms with van der Waals surface area (Å²) >= 11 is 9.40. The van der Waals surface area contributed by atoms with Crippen molar-refractivity contribution in [3.8, 4) is 0 Å². The molecule has 2 fully saturated rings. The summed E-state index contributed by atoms with van der Waals surface area (Å²) in [5, 5.41) is 25.0. The Kier molecular flexibility index (Phi) is 6.81. The third-order valence-corrected chi connectivity index (χ3v) is 7.14. The van der Waals surface area contributed by atoms with Crippen LogP contribution < -0.4 is 10.2 Å². The van der Waals surface area contributed by atoms with E-state index in [2.05, 4.69) is 32.7 Å². The molecule has 2 bridgehead atoms. The van der Waals surface area contributed by atoms with Crippen molar-refractivity contribution in [3.63, 3.8) is 0 Å². The van der Waals surface area contributed by atoms with Gasteiger partial charge in [0.2, 0.25) is 0 Å². The minimum Gasteiger partial charge on any atom is -0.384 e. The van der Waals surface area contributed by atoms with Crippen molar-refractivity contribution >= 4 is 39.1 Å². The Morgan fingerprint density at radius 1 is 1.09 bits per heavy atom. The number of carbonyl (C=O) groups excluding carboxylic acids is 1. The highest BCUT2D eigenvalue weighted by Gasteiger charge is 2.47. The lowest BCUT2D eigenvalue weighted by Gasteiger charge is -2.37. The standard InChI is InChI=1S/C24H27BrClN3O3/c1-14(16-3-5-17(25)6-4-16)27-15(2)22(30)23(31)24(32)29-13-20-11-21(29)12-28(20)19-9-7-18(26)8-10-19/h3-10,14,20-23,27,30-31H,2,11-13H2,1H3/t14-,20?,21+,22?,23?/m0/s1. The van der Waals surface area contributed by atoms with Gasteiger partial charge in [0.25, 0.3) is 5.91 Å². The van der Waals surface area contributed by atoms with Crippen LogP contribution in [0.4, 0.5) is 5.69 Å². The molecule has 1 amide bonds. The van der Waals surface area contributed by atoms with Crippen LogP contribution in [0.1, 0.15) is 24.9 Å². The van der Waals surface area contributed by atoms with Gasteiger partial charge in [0.1, 0.15) is 6.10 Å². The van der Waals surface area contributed by atoms with Crippen molar-refractivity contribution in [2.75, 3.05) is 18.0 Å². The predicted molar refractivity (Wildman–Crippen MR) is 130 cm³/mol. The number of likely N-dealkylation sites (tertiary alicyclic amines) is 1. The van der Waals surface area contributed by atoms with E-state index in [1.54, 1.807) is 4.90 Å². The molecule has 0 aliphatic carbocycles. The van der Waals surface area contributed by atoms with Gasteiger partial charge in [-0.3, -0.25) is 4.79 Å². The Morgan fingerprint density at radius 2 is 1.75 bits per heavy atom. The van der Waals surface area contributed by atoms with E-state index >= 15 is 0 Å². The lowest BCUT2D eigenvalue weighted by Crippen LogP contribution is -2.54. The van der Waals surface area contributed by atoms with Gasteiger partial charge in [-0.25, -0.2) is 0 Å². The number of nitrogens with zero attached hydrogens (tertiary/aromatic N) is 2. The summed E-state index contributed by atoms with van der Waals surface area (Å²) in [7, 11) is 0. The largest absolute Gasteiger partial charge is 0.384 e. The van der Waals surface area contributed by atoms with Crippen LogP contribution in [-0.4, -0.2) is 58.4 Å². The fourth-order valence-electron chi connectivity index (χ4n) is 4.58. The molecule has 5 atom stereocenters. The number of nitrogens with one attached hydrogen (secondary N) is 1. The Balaban J connectivity index is 1.34. The number of aliphatic hydroxyl groups is 2. The van der Waals surface area contributed by atoms with Crippen molar-refractivity contribution in [2.24, 2.45) is 0 Å². The molecule has 0 spiro atoms. The first-order chi connectivity index (χ1) is 15.2. The second kappa shape index (κ2) is 9.43. The summed E-state index contributed by atoms with van der Waals surface area (Å²) in [4.78, 5) is 16.9. The highest BCUT2D eigenvalue weighted by molar-refractivity contribution is 9.10. The third-order valence-electron chi connectivity index (χ3n) is 6.36. The number of hydrogen-bond acceptors (Lipinski definition) is 5. The lowest BCUT2D eigenvalue weighted by molar-refractivity contribution is -0.146. The molecule has 3 N–H and O–H groups in total. The normalized spacial score (nSPS) is 22.5. The highest BCUT2D eigenvalue weighted by Crippen LogP contribution is 2.35. The van der Waals surface area contributed by atoms with Crippen LogP contribution in [0, 0.1) is 0 Å². The molecule has 2 aromatic carbocycles. The third kappa shape index (κ3) is 4.66. The molecule has 2 aromatic rings. The quantitative estimate of drug-likeness (QED) is 0.521. The number of hydrogen-bond donors (Lipinski definition) is 3. The SMILES string of the molecule is C=C(N[C@@H](C)c1ccc(Br)cc1)C(O)C(O)C(=O)N1CC2C[C@@H]1CN2c1ccc(Cl)cc1. The smallest absolute Gasteiger partial charge is 0.254 e. The number of anilines is 1. The summed E-state index contributed by atoms with van der Waals surface area (Å²) in [5.74, 6) is -0.458. The molecule has 0 saturated carbocycles. The molecule has 0 aromatic heterocycles. The van der Waals surface area contributed by atoms with Gasteiger partial charge >= 0.3 is 0 Å². The molecule has 2 saturated heterocycles. The maximum Gasteiger partial charge on any atom is 0.254 e. The molecule has 2 aliphatic heterocycles. The first-order valence-electron chi connectivity index (χ1n) is 10.6. The summed E-state index contributed by atoms with van der Waals surface area (Å²) in [6.07, 6.45) is -2.11. The van der Waals surface area contributed by atoms with E-state index < -0.39 is 18.1 Å². The van der Waals surface area contributed by atoms with E-state index in [1.807, 2.05) is 55.5 Å². The zero-order valence-electron chi connectivity index (χ0n) is 17.8. The summed E-state index contributed by atoms with van der Waals surface area (Å²) in [5.41, 5.74) is 2.30. The molecule has 170 valence electrons. The van der Waals surface area contributed by atoms with Gasteiger partial charge in [0.05, 0.1) is 6.04 Å². The van der Waals surface area contributed by atoms with E-state index in [0.717, 1.165) is 22.1 Å². The fraction of sp³-hybridized carbons (Fsp3) is 0.375. The molecule has 3 unspecified atom stereocenters. The zero-order valence-corrected chi connectivity index (χ0v) is 20.1. The lowest BCUT2D eigenvalue weighted by atomic mass is 10.1. The summed E-state index contributed by atoms with van der Waals surface area (Å²) < 4.78 is 0.975. The van der Waals surface area contributed by atoms with Crippen LogP contribution >= 0.6 is 27.5 Å². The van der Waals surface area contributed by atoms with Gasteiger partial charge in [-0.05, 0) is 55.3 Å². The highest BCUT2D eigenvalue weighted by atomic mass is 79.9. The number of amides is 1. The van der Waals surface area contributed by atoms with E-state index in [4.69, 9.17) is 11.6 Å². The van der Waals surface area contributed by atoms with Crippen LogP contribution in [0.2, 0.25) is 5.02 Å². The summed E-state index contributed by atoms with van der Waals surface area (Å²) in [6, 6.07) is 15.5. The first-order valence-corrected chi connectivity index (χ1v) is 11.8. The topological polar surface area (TPSA) is 76.0 Å². The van der Waals surface area contributed by atoms with Crippen molar-refractivity contribution in [2.45, 2.75) is 43.7 Å². The van der Waals surface area contributed by atoms with Gasteiger partial charge < -0.3 is 25.3 Å². The molecule has 8 heteroatoms. The number of piperazine rings is 1. The van der Waals surface area contributed by atoms with Gasteiger partial charge in [-0.2, -0.15) is 0 Å². The monoisotopic (exact) mass is 519 g/mol. The maximum absolute atomic E-state index is 13.0. The van der Waals surface area contributed by atoms with Crippen LogP contribution in [0.25, 0.3) is 0 Å². The molecule has 6 nitrogen and oxygen atoms in total. The van der Waals surface area contributed by atoms with Gasteiger partial charge in [-0.1, -0.05) is 46.2 Å². The van der Waals surface area contributed by atoms with E-state index in [-0.39, 0.29) is 23.8 Å². The molecular formula is C24H27BrClN3O3. The Bertz CT molecular complexity index is 985. The maximum atomic E-state index is 13.0. The van der Waals surface area contributed by atoms with Crippen molar-refractivity contribution in [3.05, 3.63) is 75.9 Å². The predicted octanol–water partition coefficient (Wildman–Crippen LogP) is 3.48. The van der Waals surface area contributed by atoms with Crippen molar-refractivity contribution < 1.29 is 15.0 Å². The number of rotatable bonds is 7. The Morgan fingerprint density at radius 3 is 2.34 bits per heavy atom. The van der Waals surface area contributed by atoms with E-state index in [9.17, 15) is 15.0 Å². The first kappa shape index (κ1) is 23.1. The van der Waals surface area contributed by atoms with Crippen molar-refractivity contribution in [1.29, 1.82) is 0 Å². The minimum absolute atomic E-state index is 0.00735. The fourth-order valence-corrected chi connectivity index (χ4v) is 4.97. The Labute approximate surface area is 201 Å². The van der Waals surface area contributed by atoms with Crippen LogP contribution in [0.3, 0.4) is 0 Å². The van der Waals surface area contributed by atoms with E-state index in [1.165, 1.54) is 0 Å². The average Bonchev–Trinajstić information content (AvgIpc) is 3.39. The van der Waals surface area contributed by atoms with Gasteiger partial charge in [0.15, 0.2) is 6.10 Å². The average molecular weight is 521 g/mol. The molecule has 2 aliphatic rings. The number of halogens is 2. The second-order valence-corrected chi connectivity index (χ2v) is 9.85. The summed E-state index contributed by atoms with van der Waals surface area (Å²) in [6.45, 7) is 7.00. The van der Waals surface area contributed by atoms with Crippen LogP contribution in [0.5, 0.6) is 0 Å². The molecule has 2 heterocycles. The zero-order chi connectivity index (χ0) is 23.0. The van der Waals surface area contributed by atoms with Crippen molar-refractivity contribution in [1.82, 2.24) is 10.2 Å². The van der Waals surface area contributed by atoms with Gasteiger partial charge in [-0.15, -0.1) is 0 Å². The number of benzene rings is 2. The number of aliphatic hydroxyl groups excluding tert-OH is 2. The van der Waals surface area contributed by atoms with Crippen LogP contribution in [0.15, 0.2) is 65.3 Å². The van der Waals surface area contributed by atoms with Crippen LogP contribution in [-0.2, 0) is 4.79 Å². The van der Waals surface area contributed by atoms with E-state index in [0.29, 0.717) is 18.1 Å². The number of fused-ring (bicyclic) bond motifs is 2. The minimum atomic E-state index is -1.56. The molecule has 0 radical (unpaired) electrons. The molecule has 32 heavy (non-hydrogen) atoms.